The lowest BCUT2D eigenvalue weighted by Gasteiger charge is -2.17. The number of sulfone groups is 1. The number of Topliss-reactive ketones (excluding diaryl/α,β-unsaturated/α-hetero) is 1. The zero-order valence-corrected chi connectivity index (χ0v) is 24.7. The Hall–Kier alpha value is -4.09. The Labute approximate surface area is 246 Å². The number of amides is 1. The number of benzene rings is 2. The number of ketones is 1. The van der Waals surface area contributed by atoms with E-state index in [1.54, 1.807) is 18.2 Å². The van der Waals surface area contributed by atoms with Crippen molar-refractivity contribution in [2.45, 2.75) is 44.9 Å². The minimum atomic E-state index is -3.79. The second kappa shape index (κ2) is 15.2. The van der Waals surface area contributed by atoms with Crippen LogP contribution in [-0.2, 0) is 49.3 Å². The van der Waals surface area contributed by atoms with Crippen LogP contribution in [0.3, 0.4) is 0 Å². The summed E-state index contributed by atoms with van der Waals surface area (Å²) >= 11 is 0. The number of hydrogen-bond acceptors (Lipinski definition) is 8. The summed E-state index contributed by atoms with van der Waals surface area (Å²) in [6.45, 7) is 2.08. The highest BCUT2D eigenvalue weighted by atomic mass is 32.2. The van der Waals surface area contributed by atoms with Gasteiger partial charge >= 0.3 is 5.97 Å². The Bertz CT molecular complexity index is 1510. The largest absolute Gasteiger partial charge is 0.619 e. The van der Waals surface area contributed by atoms with Crippen molar-refractivity contribution in [2.24, 2.45) is 11.7 Å². The van der Waals surface area contributed by atoms with E-state index >= 15 is 0 Å². The number of aromatic nitrogens is 1. The van der Waals surface area contributed by atoms with Crippen molar-refractivity contribution < 1.29 is 32.3 Å². The molecule has 0 bridgehead atoms. The van der Waals surface area contributed by atoms with Gasteiger partial charge in [-0.15, -0.1) is 0 Å². The lowest BCUT2D eigenvalue weighted by atomic mass is 9.99. The predicted molar refractivity (Wildman–Crippen MR) is 158 cm³/mol. The number of carbonyl (C=O) groups excluding carboxylic acids is 3. The van der Waals surface area contributed by atoms with Crippen molar-refractivity contribution in [2.75, 3.05) is 19.4 Å². The molecule has 0 fully saturated rings. The third-order valence-electron chi connectivity index (χ3n) is 6.96. The van der Waals surface area contributed by atoms with E-state index in [2.05, 4.69) is 10.1 Å². The SMILES string of the molecule is COC(=O)c1ccc(CS(=O)(=O)CC(CCc2cccc[n+]2[O-])C(=O)NCC(=O)CCc2cc(C)ccc2CN)cc1. The van der Waals surface area contributed by atoms with Gasteiger partial charge in [0, 0.05) is 31.5 Å². The first kappa shape index (κ1) is 32.4. The molecular formula is C31H37N3O7S. The molecule has 0 radical (unpaired) electrons. The lowest BCUT2D eigenvalue weighted by molar-refractivity contribution is -0.614. The van der Waals surface area contributed by atoms with Crippen molar-refractivity contribution in [3.8, 4) is 0 Å². The number of nitrogens with one attached hydrogen (secondary N) is 1. The van der Waals surface area contributed by atoms with E-state index < -0.39 is 33.4 Å². The van der Waals surface area contributed by atoms with E-state index in [-0.39, 0.29) is 42.9 Å². The zero-order chi connectivity index (χ0) is 30.7. The molecule has 0 aliphatic carbocycles. The molecule has 0 aliphatic heterocycles. The molecule has 1 unspecified atom stereocenters. The molecule has 0 saturated heterocycles. The maximum absolute atomic E-state index is 13.2. The molecule has 1 heterocycles. The van der Waals surface area contributed by atoms with Crippen LogP contribution in [0.1, 0.15) is 51.1 Å². The molecule has 0 saturated carbocycles. The summed E-state index contributed by atoms with van der Waals surface area (Å²) in [5.74, 6) is -3.10. The Balaban J connectivity index is 1.66. The van der Waals surface area contributed by atoms with E-state index in [1.165, 1.54) is 37.6 Å². The number of rotatable bonds is 15. The standard InChI is InChI=1S/C31H37N3O7S/c1-22-6-9-26(18-32)25(17-22)13-15-29(35)19-33-30(36)27(12-14-28-5-3-4-16-34(28)38)21-42(39,40)20-23-7-10-24(11-8-23)31(37)41-2/h3-11,16-17,27H,12-15,18-21,32H2,1-2H3,(H,33,36). The predicted octanol–water partition coefficient (Wildman–Crippen LogP) is 2.36. The van der Waals surface area contributed by atoms with Crippen LogP contribution in [0, 0.1) is 18.0 Å². The Morgan fingerprint density at radius 2 is 1.76 bits per heavy atom. The van der Waals surface area contributed by atoms with Gasteiger partial charge < -0.3 is 21.0 Å². The average molecular weight is 596 g/mol. The fourth-order valence-corrected chi connectivity index (χ4v) is 6.37. The monoisotopic (exact) mass is 595 g/mol. The van der Waals surface area contributed by atoms with Gasteiger partial charge in [-0.25, -0.2) is 13.2 Å². The van der Waals surface area contributed by atoms with Crippen molar-refractivity contribution in [1.82, 2.24) is 5.32 Å². The summed E-state index contributed by atoms with van der Waals surface area (Å²) in [6.07, 6.45) is 2.28. The summed E-state index contributed by atoms with van der Waals surface area (Å²) in [7, 11) is -2.53. The normalized spacial score (nSPS) is 12.0. The van der Waals surface area contributed by atoms with Gasteiger partial charge in [0.25, 0.3) is 0 Å². The Kier molecular flexibility index (Phi) is 11.8. The van der Waals surface area contributed by atoms with E-state index in [4.69, 9.17) is 5.73 Å². The molecule has 10 nitrogen and oxygen atoms in total. The summed E-state index contributed by atoms with van der Waals surface area (Å²) in [5, 5.41) is 14.7. The van der Waals surface area contributed by atoms with Crippen LogP contribution in [0.4, 0.5) is 0 Å². The number of methoxy groups -OCH3 is 1. The second-order valence-electron chi connectivity index (χ2n) is 10.2. The summed E-state index contributed by atoms with van der Waals surface area (Å²) in [5.41, 5.74) is 9.95. The van der Waals surface area contributed by atoms with Crippen LogP contribution < -0.4 is 15.8 Å². The fraction of sp³-hybridized carbons (Fsp3) is 0.355. The van der Waals surface area contributed by atoms with Gasteiger partial charge in [-0.05, 0) is 48.6 Å². The number of aryl methyl sites for hydroxylation is 3. The maximum atomic E-state index is 13.2. The van der Waals surface area contributed by atoms with Gasteiger partial charge in [0.1, 0.15) is 0 Å². The first-order valence-electron chi connectivity index (χ1n) is 13.6. The van der Waals surface area contributed by atoms with Gasteiger partial charge in [-0.2, -0.15) is 4.73 Å². The van der Waals surface area contributed by atoms with Crippen molar-refractivity contribution in [1.29, 1.82) is 0 Å². The molecule has 0 spiro atoms. The van der Waals surface area contributed by atoms with Gasteiger partial charge in [0.15, 0.2) is 27.5 Å². The first-order chi connectivity index (χ1) is 20.0. The van der Waals surface area contributed by atoms with Crippen molar-refractivity contribution >= 4 is 27.5 Å². The average Bonchev–Trinajstić information content (AvgIpc) is 2.97. The zero-order valence-electron chi connectivity index (χ0n) is 23.9. The minimum absolute atomic E-state index is 0.0932. The molecule has 42 heavy (non-hydrogen) atoms. The van der Waals surface area contributed by atoms with Crippen LogP contribution in [0.5, 0.6) is 0 Å². The number of carbonyl (C=O) groups is 3. The van der Waals surface area contributed by atoms with E-state index in [0.29, 0.717) is 29.0 Å². The highest BCUT2D eigenvalue weighted by molar-refractivity contribution is 7.90. The number of nitrogens with two attached hydrogens (primary N) is 1. The third kappa shape index (κ3) is 9.78. The van der Waals surface area contributed by atoms with Gasteiger partial charge in [0.2, 0.25) is 5.91 Å². The molecule has 3 aromatic rings. The van der Waals surface area contributed by atoms with Crippen LogP contribution in [0.15, 0.2) is 66.9 Å². The number of esters is 1. The molecule has 0 aliphatic rings. The molecule has 1 amide bonds. The highest BCUT2D eigenvalue weighted by Gasteiger charge is 2.27. The summed E-state index contributed by atoms with van der Waals surface area (Å²) in [6, 6.07) is 16.8. The van der Waals surface area contributed by atoms with Gasteiger partial charge in [0.05, 0.1) is 36.6 Å². The van der Waals surface area contributed by atoms with E-state index in [0.717, 1.165) is 16.7 Å². The molecule has 224 valence electrons. The van der Waals surface area contributed by atoms with Crippen LogP contribution in [-0.4, -0.2) is 45.5 Å². The minimum Gasteiger partial charge on any atom is -0.619 e. The molecule has 3 rings (SSSR count). The van der Waals surface area contributed by atoms with Crippen molar-refractivity contribution in [3.05, 3.63) is 106 Å². The molecule has 11 heteroatoms. The Morgan fingerprint density at radius 3 is 2.43 bits per heavy atom. The lowest BCUT2D eigenvalue weighted by Crippen LogP contribution is -2.39. The van der Waals surface area contributed by atoms with Gasteiger partial charge in [-0.3, -0.25) is 9.59 Å². The maximum Gasteiger partial charge on any atom is 0.337 e. The van der Waals surface area contributed by atoms with Crippen LogP contribution in [0.25, 0.3) is 0 Å². The molecule has 1 atom stereocenters. The topological polar surface area (TPSA) is 160 Å². The number of pyridine rings is 1. The molecular weight excluding hydrogens is 558 g/mol. The van der Waals surface area contributed by atoms with Crippen LogP contribution in [0.2, 0.25) is 0 Å². The van der Waals surface area contributed by atoms with E-state index in [9.17, 15) is 28.0 Å². The van der Waals surface area contributed by atoms with Crippen LogP contribution >= 0.6 is 0 Å². The number of nitrogens with zero attached hydrogens (tertiary/aromatic N) is 1. The fourth-order valence-electron chi connectivity index (χ4n) is 4.62. The smallest absolute Gasteiger partial charge is 0.337 e. The highest BCUT2D eigenvalue weighted by Crippen LogP contribution is 2.17. The van der Waals surface area contributed by atoms with Crippen molar-refractivity contribution in [3.63, 3.8) is 0 Å². The first-order valence-corrected chi connectivity index (χ1v) is 15.5. The summed E-state index contributed by atoms with van der Waals surface area (Å²) < 4.78 is 31.6. The number of hydrogen-bond donors (Lipinski definition) is 2. The molecule has 1 aromatic heterocycles. The molecule has 2 aromatic carbocycles. The second-order valence-corrected chi connectivity index (χ2v) is 12.3. The third-order valence-corrected chi connectivity index (χ3v) is 8.64. The summed E-state index contributed by atoms with van der Waals surface area (Å²) in [4.78, 5) is 37.5. The number of ether oxygens (including phenoxy) is 1. The van der Waals surface area contributed by atoms with E-state index in [1.807, 2.05) is 25.1 Å². The van der Waals surface area contributed by atoms with Gasteiger partial charge in [-0.1, -0.05) is 42.0 Å². The molecule has 3 N–H and O–H groups in total. The Morgan fingerprint density at radius 1 is 1.02 bits per heavy atom. The quantitative estimate of drug-likeness (QED) is 0.154.